The first-order valence-corrected chi connectivity index (χ1v) is 10.7. The standard InChI is InChI=1S/C24H33N5O2/c1-27(2)20-11-7-18(8-12-20)22(29-15-5-6-16-29)17-25-23(30)24(31)26-19-9-13-21(14-10-19)28(3)4/h7-14,22H,5-6,15-17H2,1-4H3,(H,25,30)(H,26,31)/t22-/m1/s1. The second-order valence-electron chi connectivity index (χ2n) is 8.35. The topological polar surface area (TPSA) is 67.9 Å². The number of nitrogens with one attached hydrogen (secondary N) is 2. The second-order valence-corrected chi connectivity index (χ2v) is 8.35. The van der Waals surface area contributed by atoms with Crippen LogP contribution in [0.25, 0.3) is 0 Å². The molecule has 7 nitrogen and oxygen atoms in total. The lowest BCUT2D eigenvalue weighted by molar-refractivity contribution is -0.136. The van der Waals surface area contributed by atoms with Crippen molar-refractivity contribution >= 4 is 28.9 Å². The highest BCUT2D eigenvalue weighted by atomic mass is 16.2. The maximum absolute atomic E-state index is 12.5. The third kappa shape index (κ3) is 5.98. The van der Waals surface area contributed by atoms with Gasteiger partial charge in [0.1, 0.15) is 0 Å². The molecule has 1 aliphatic rings. The van der Waals surface area contributed by atoms with Crippen LogP contribution in [0.5, 0.6) is 0 Å². The zero-order chi connectivity index (χ0) is 22.4. The smallest absolute Gasteiger partial charge is 0.313 e. The Balaban J connectivity index is 1.62. The summed E-state index contributed by atoms with van der Waals surface area (Å²) in [5.41, 5.74) is 3.90. The van der Waals surface area contributed by atoms with E-state index in [4.69, 9.17) is 0 Å². The first-order chi connectivity index (χ1) is 14.8. The molecular weight excluding hydrogens is 390 g/mol. The van der Waals surface area contributed by atoms with Crippen LogP contribution in [0, 0.1) is 0 Å². The van der Waals surface area contributed by atoms with Gasteiger partial charge in [0.15, 0.2) is 0 Å². The van der Waals surface area contributed by atoms with Crippen LogP contribution >= 0.6 is 0 Å². The summed E-state index contributed by atoms with van der Waals surface area (Å²) in [4.78, 5) is 31.2. The van der Waals surface area contributed by atoms with Crippen LogP contribution in [0.4, 0.5) is 17.1 Å². The molecule has 0 unspecified atom stereocenters. The number of carbonyl (C=O) groups excluding carboxylic acids is 2. The van der Waals surface area contributed by atoms with Crippen LogP contribution in [-0.4, -0.2) is 64.5 Å². The van der Waals surface area contributed by atoms with Crippen LogP contribution in [-0.2, 0) is 9.59 Å². The van der Waals surface area contributed by atoms with E-state index >= 15 is 0 Å². The summed E-state index contributed by atoms with van der Waals surface area (Å²) in [5.74, 6) is -1.27. The zero-order valence-electron chi connectivity index (χ0n) is 18.9. The van der Waals surface area contributed by atoms with Crippen LogP contribution in [0.1, 0.15) is 24.4 Å². The van der Waals surface area contributed by atoms with E-state index in [-0.39, 0.29) is 6.04 Å². The number of rotatable bonds is 7. The number of nitrogens with zero attached hydrogens (tertiary/aromatic N) is 3. The van der Waals surface area contributed by atoms with E-state index in [1.165, 1.54) is 0 Å². The van der Waals surface area contributed by atoms with Gasteiger partial charge in [-0.15, -0.1) is 0 Å². The molecule has 0 aromatic heterocycles. The van der Waals surface area contributed by atoms with Gasteiger partial charge < -0.3 is 20.4 Å². The minimum atomic E-state index is -0.652. The Labute approximate surface area is 185 Å². The highest BCUT2D eigenvalue weighted by Gasteiger charge is 2.25. The molecule has 0 aliphatic carbocycles. The molecule has 1 fully saturated rings. The molecule has 0 spiro atoms. The fraction of sp³-hybridized carbons (Fsp3) is 0.417. The summed E-state index contributed by atoms with van der Waals surface area (Å²) in [7, 11) is 7.93. The minimum Gasteiger partial charge on any atom is -0.378 e. The molecular formula is C24H33N5O2. The number of hydrogen-bond donors (Lipinski definition) is 2. The van der Waals surface area contributed by atoms with Crippen molar-refractivity contribution in [3.63, 3.8) is 0 Å². The van der Waals surface area contributed by atoms with Crippen molar-refractivity contribution in [1.29, 1.82) is 0 Å². The Hall–Kier alpha value is -3.06. The van der Waals surface area contributed by atoms with Crippen LogP contribution < -0.4 is 20.4 Å². The highest BCUT2D eigenvalue weighted by Crippen LogP contribution is 2.26. The van der Waals surface area contributed by atoms with Gasteiger partial charge >= 0.3 is 11.8 Å². The molecule has 0 saturated carbocycles. The Morgan fingerprint density at radius 3 is 1.87 bits per heavy atom. The van der Waals surface area contributed by atoms with Gasteiger partial charge in [-0.1, -0.05) is 12.1 Å². The van der Waals surface area contributed by atoms with Crippen molar-refractivity contribution in [1.82, 2.24) is 10.2 Å². The van der Waals surface area contributed by atoms with Gasteiger partial charge in [-0.05, 0) is 67.9 Å². The first kappa shape index (κ1) is 22.6. The minimum absolute atomic E-state index is 0.0508. The number of carbonyl (C=O) groups is 2. The molecule has 166 valence electrons. The molecule has 0 bridgehead atoms. The average molecular weight is 424 g/mol. The van der Waals surface area contributed by atoms with Gasteiger partial charge in [-0.3, -0.25) is 14.5 Å². The van der Waals surface area contributed by atoms with E-state index in [1.54, 1.807) is 12.1 Å². The molecule has 7 heteroatoms. The number of likely N-dealkylation sites (tertiary alicyclic amines) is 1. The van der Waals surface area contributed by atoms with Gasteiger partial charge in [0, 0.05) is 51.8 Å². The fourth-order valence-corrected chi connectivity index (χ4v) is 3.81. The van der Waals surface area contributed by atoms with E-state index in [2.05, 4.69) is 44.7 Å². The van der Waals surface area contributed by atoms with E-state index < -0.39 is 11.8 Å². The molecule has 3 rings (SSSR count). The molecule has 1 saturated heterocycles. The molecule has 2 amide bonds. The number of anilines is 3. The predicted octanol–water partition coefficient (Wildman–Crippen LogP) is 2.71. The van der Waals surface area contributed by atoms with E-state index in [1.807, 2.05) is 45.2 Å². The third-order valence-corrected chi connectivity index (χ3v) is 5.68. The van der Waals surface area contributed by atoms with E-state index in [9.17, 15) is 9.59 Å². The molecule has 1 heterocycles. The van der Waals surface area contributed by atoms with Gasteiger partial charge in [0.25, 0.3) is 0 Å². The molecule has 2 aromatic carbocycles. The lowest BCUT2D eigenvalue weighted by Crippen LogP contribution is -2.41. The summed E-state index contributed by atoms with van der Waals surface area (Å²) >= 11 is 0. The fourth-order valence-electron chi connectivity index (χ4n) is 3.81. The SMILES string of the molecule is CN(C)c1ccc(NC(=O)C(=O)NC[C@H](c2ccc(N(C)C)cc2)N2CCCC2)cc1. The summed E-state index contributed by atoms with van der Waals surface area (Å²) in [6.07, 6.45) is 2.31. The Morgan fingerprint density at radius 2 is 1.35 bits per heavy atom. The monoisotopic (exact) mass is 423 g/mol. The van der Waals surface area contributed by atoms with Gasteiger partial charge in [0.2, 0.25) is 0 Å². The highest BCUT2D eigenvalue weighted by molar-refractivity contribution is 6.39. The van der Waals surface area contributed by atoms with Crippen molar-refractivity contribution in [2.75, 3.05) is 62.9 Å². The second kappa shape index (κ2) is 10.3. The number of amides is 2. The van der Waals surface area contributed by atoms with E-state index in [0.717, 1.165) is 42.9 Å². The van der Waals surface area contributed by atoms with Crippen molar-refractivity contribution in [3.05, 3.63) is 54.1 Å². The Morgan fingerprint density at radius 1 is 0.839 bits per heavy atom. The van der Waals surface area contributed by atoms with Gasteiger partial charge in [-0.25, -0.2) is 0 Å². The van der Waals surface area contributed by atoms with Gasteiger partial charge in [-0.2, -0.15) is 0 Å². The molecule has 2 aromatic rings. The van der Waals surface area contributed by atoms with Crippen molar-refractivity contribution in [2.24, 2.45) is 0 Å². The Kier molecular flexibility index (Phi) is 7.52. The summed E-state index contributed by atoms with van der Waals surface area (Å²) in [6, 6.07) is 15.8. The van der Waals surface area contributed by atoms with Crippen LogP contribution in [0.2, 0.25) is 0 Å². The summed E-state index contributed by atoms with van der Waals surface area (Å²) in [6.45, 7) is 2.40. The van der Waals surface area contributed by atoms with Crippen molar-refractivity contribution < 1.29 is 9.59 Å². The Bertz CT molecular complexity index is 872. The quantitative estimate of drug-likeness (QED) is 0.671. The molecule has 0 radical (unpaired) electrons. The van der Waals surface area contributed by atoms with E-state index in [0.29, 0.717) is 12.2 Å². The lowest BCUT2D eigenvalue weighted by atomic mass is 10.0. The number of benzene rings is 2. The normalized spacial score (nSPS) is 14.7. The molecule has 31 heavy (non-hydrogen) atoms. The van der Waals surface area contributed by atoms with Crippen molar-refractivity contribution in [3.8, 4) is 0 Å². The summed E-state index contributed by atoms with van der Waals surface area (Å²) < 4.78 is 0. The maximum Gasteiger partial charge on any atom is 0.313 e. The van der Waals surface area contributed by atoms with Crippen molar-refractivity contribution in [2.45, 2.75) is 18.9 Å². The summed E-state index contributed by atoms with van der Waals surface area (Å²) in [5, 5.41) is 5.51. The number of hydrogen-bond acceptors (Lipinski definition) is 5. The largest absolute Gasteiger partial charge is 0.378 e. The lowest BCUT2D eigenvalue weighted by Gasteiger charge is -2.28. The maximum atomic E-state index is 12.5. The molecule has 1 atom stereocenters. The predicted molar refractivity (Wildman–Crippen MR) is 127 cm³/mol. The third-order valence-electron chi connectivity index (χ3n) is 5.68. The first-order valence-electron chi connectivity index (χ1n) is 10.7. The molecule has 1 aliphatic heterocycles. The van der Waals surface area contributed by atoms with Crippen LogP contribution in [0.3, 0.4) is 0 Å². The average Bonchev–Trinajstić information content (AvgIpc) is 3.29. The molecule has 2 N–H and O–H groups in total. The van der Waals surface area contributed by atoms with Crippen LogP contribution in [0.15, 0.2) is 48.5 Å². The van der Waals surface area contributed by atoms with Gasteiger partial charge in [0.05, 0.1) is 6.04 Å². The zero-order valence-corrected chi connectivity index (χ0v) is 18.9.